The largest absolute Gasteiger partial charge is 0.376 e. The molecule has 21 heavy (non-hydrogen) atoms. The standard InChI is InChI=1S/C15H18F2N2O2/c1-9(13-3-2-6-21-13)19-14(20)8-18-15(19)10-4-5-11(16)12(17)7-10/h4-5,7,9,13,15,18H,2-3,6,8H2,1H3. The van der Waals surface area contributed by atoms with Gasteiger partial charge in [-0.25, -0.2) is 8.78 Å². The predicted molar refractivity (Wildman–Crippen MR) is 72.4 cm³/mol. The van der Waals surface area contributed by atoms with Gasteiger partial charge in [0, 0.05) is 6.61 Å². The van der Waals surface area contributed by atoms with E-state index >= 15 is 0 Å². The number of halogens is 2. The van der Waals surface area contributed by atoms with Crippen LogP contribution in [0.25, 0.3) is 0 Å². The highest BCUT2D eigenvalue weighted by Gasteiger charge is 2.39. The second-order valence-corrected chi connectivity index (χ2v) is 5.55. The molecule has 1 aromatic carbocycles. The molecule has 0 aromatic heterocycles. The highest BCUT2D eigenvalue weighted by atomic mass is 19.2. The summed E-state index contributed by atoms with van der Waals surface area (Å²) in [6, 6.07) is 3.63. The summed E-state index contributed by atoms with van der Waals surface area (Å²) in [4.78, 5) is 13.8. The lowest BCUT2D eigenvalue weighted by Crippen LogP contribution is -2.44. The van der Waals surface area contributed by atoms with Crippen molar-refractivity contribution in [3.63, 3.8) is 0 Å². The average molecular weight is 296 g/mol. The lowest BCUT2D eigenvalue weighted by atomic mass is 10.1. The lowest BCUT2D eigenvalue weighted by Gasteiger charge is -2.33. The summed E-state index contributed by atoms with van der Waals surface area (Å²) in [6.45, 7) is 2.84. The molecule has 3 rings (SSSR count). The summed E-state index contributed by atoms with van der Waals surface area (Å²) in [7, 11) is 0. The second-order valence-electron chi connectivity index (χ2n) is 5.55. The van der Waals surface area contributed by atoms with E-state index in [1.165, 1.54) is 6.07 Å². The van der Waals surface area contributed by atoms with Gasteiger partial charge in [-0.15, -0.1) is 0 Å². The van der Waals surface area contributed by atoms with E-state index in [4.69, 9.17) is 4.74 Å². The molecule has 1 N–H and O–H groups in total. The van der Waals surface area contributed by atoms with Crippen LogP contribution in [-0.4, -0.2) is 36.1 Å². The van der Waals surface area contributed by atoms with Gasteiger partial charge in [0.25, 0.3) is 0 Å². The van der Waals surface area contributed by atoms with Crippen LogP contribution in [0.3, 0.4) is 0 Å². The molecular weight excluding hydrogens is 278 g/mol. The number of ether oxygens (including phenoxy) is 1. The molecule has 0 saturated carbocycles. The molecule has 6 heteroatoms. The Morgan fingerprint density at radius 3 is 2.86 bits per heavy atom. The van der Waals surface area contributed by atoms with Crippen molar-refractivity contribution in [3.8, 4) is 0 Å². The van der Waals surface area contributed by atoms with E-state index in [9.17, 15) is 13.6 Å². The van der Waals surface area contributed by atoms with Crippen molar-refractivity contribution in [2.45, 2.75) is 38.1 Å². The summed E-state index contributed by atoms with van der Waals surface area (Å²) in [5.41, 5.74) is 0.546. The maximum absolute atomic E-state index is 13.4. The SMILES string of the molecule is CC(C1CCCO1)N1C(=O)CNC1c1ccc(F)c(F)c1. The summed E-state index contributed by atoms with van der Waals surface area (Å²) >= 11 is 0. The number of amides is 1. The molecular formula is C15H18F2N2O2. The summed E-state index contributed by atoms with van der Waals surface area (Å²) in [5, 5.41) is 3.06. The highest BCUT2D eigenvalue weighted by Crippen LogP contribution is 2.30. The van der Waals surface area contributed by atoms with Gasteiger partial charge in [-0.05, 0) is 37.5 Å². The molecule has 2 saturated heterocycles. The first-order chi connectivity index (χ1) is 10.1. The fourth-order valence-corrected chi connectivity index (χ4v) is 3.10. The van der Waals surface area contributed by atoms with E-state index in [2.05, 4.69) is 5.32 Å². The van der Waals surface area contributed by atoms with Crippen LogP contribution < -0.4 is 5.32 Å². The number of nitrogens with zero attached hydrogens (tertiary/aromatic N) is 1. The molecule has 1 amide bonds. The smallest absolute Gasteiger partial charge is 0.238 e. The second kappa shape index (κ2) is 5.69. The van der Waals surface area contributed by atoms with Crippen LogP contribution in [0.1, 0.15) is 31.5 Å². The van der Waals surface area contributed by atoms with Gasteiger partial charge in [0.2, 0.25) is 5.91 Å². The normalized spacial score (nSPS) is 27.4. The number of benzene rings is 1. The molecule has 0 bridgehead atoms. The first kappa shape index (κ1) is 14.4. The van der Waals surface area contributed by atoms with Gasteiger partial charge < -0.3 is 9.64 Å². The summed E-state index contributed by atoms with van der Waals surface area (Å²) < 4.78 is 32.1. The van der Waals surface area contributed by atoms with Crippen LogP contribution in [0.5, 0.6) is 0 Å². The Hall–Kier alpha value is -1.53. The summed E-state index contributed by atoms with van der Waals surface area (Å²) in [6.07, 6.45) is 1.46. The molecule has 4 nitrogen and oxygen atoms in total. The Morgan fingerprint density at radius 1 is 1.38 bits per heavy atom. The Balaban J connectivity index is 1.86. The number of hydrogen-bond donors (Lipinski definition) is 1. The van der Waals surface area contributed by atoms with E-state index in [0.717, 1.165) is 25.0 Å². The number of carbonyl (C=O) groups is 1. The minimum atomic E-state index is -0.904. The fraction of sp³-hybridized carbons (Fsp3) is 0.533. The number of carbonyl (C=O) groups excluding carboxylic acids is 1. The molecule has 0 aliphatic carbocycles. The Kier molecular flexibility index (Phi) is 3.91. The van der Waals surface area contributed by atoms with E-state index in [1.807, 2.05) is 6.92 Å². The van der Waals surface area contributed by atoms with Crippen molar-refractivity contribution in [1.82, 2.24) is 10.2 Å². The zero-order valence-electron chi connectivity index (χ0n) is 11.8. The van der Waals surface area contributed by atoms with E-state index in [0.29, 0.717) is 12.2 Å². The highest BCUT2D eigenvalue weighted by molar-refractivity contribution is 5.81. The van der Waals surface area contributed by atoms with Gasteiger partial charge in [0.05, 0.1) is 18.7 Å². The quantitative estimate of drug-likeness (QED) is 0.927. The third kappa shape index (κ3) is 2.65. The van der Waals surface area contributed by atoms with Crippen LogP contribution >= 0.6 is 0 Å². The van der Waals surface area contributed by atoms with Crippen LogP contribution in [0, 0.1) is 11.6 Å². The average Bonchev–Trinajstić information content (AvgIpc) is 3.11. The van der Waals surface area contributed by atoms with Crippen LogP contribution in [0.2, 0.25) is 0 Å². The van der Waals surface area contributed by atoms with Gasteiger partial charge in [0.1, 0.15) is 6.17 Å². The van der Waals surface area contributed by atoms with Crippen molar-refractivity contribution >= 4 is 5.91 Å². The van der Waals surface area contributed by atoms with Gasteiger partial charge >= 0.3 is 0 Å². The third-order valence-corrected chi connectivity index (χ3v) is 4.21. The van der Waals surface area contributed by atoms with Gasteiger partial charge in [-0.3, -0.25) is 10.1 Å². The topological polar surface area (TPSA) is 41.6 Å². The number of rotatable bonds is 3. The number of nitrogens with one attached hydrogen (secondary N) is 1. The number of hydrogen-bond acceptors (Lipinski definition) is 3. The minimum Gasteiger partial charge on any atom is -0.376 e. The van der Waals surface area contributed by atoms with Crippen LogP contribution in [0.15, 0.2) is 18.2 Å². The van der Waals surface area contributed by atoms with E-state index < -0.39 is 17.8 Å². The fourth-order valence-electron chi connectivity index (χ4n) is 3.10. The van der Waals surface area contributed by atoms with Crippen molar-refractivity contribution in [2.75, 3.05) is 13.2 Å². The maximum Gasteiger partial charge on any atom is 0.238 e. The van der Waals surface area contributed by atoms with Crippen molar-refractivity contribution < 1.29 is 18.3 Å². The van der Waals surface area contributed by atoms with Gasteiger partial charge in [-0.2, -0.15) is 0 Å². The Morgan fingerprint density at radius 2 is 2.19 bits per heavy atom. The molecule has 3 atom stereocenters. The molecule has 114 valence electrons. The van der Waals surface area contributed by atoms with Crippen molar-refractivity contribution in [1.29, 1.82) is 0 Å². The minimum absolute atomic E-state index is 0.00152. The van der Waals surface area contributed by atoms with Crippen LogP contribution in [-0.2, 0) is 9.53 Å². The maximum atomic E-state index is 13.4. The molecule has 0 spiro atoms. The Labute approximate surface area is 122 Å². The Bertz CT molecular complexity index is 546. The predicted octanol–water partition coefficient (Wildman–Crippen LogP) is 1.96. The molecule has 3 unspecified atom stereocenters. The monoisotopic (exact) mass is 296 g/mol. The third-order valence-electron chi connectivity index (χ3n) is 4.21. The zero-order valence-corrected chi connectivity index (χ0v) is 11.8. The van der Waals surface area contributed by atoms with Crippen molar-refractivity contribution in [2.24, 2.45) is 0 Å². The van der Waals surface area contributed by atoms with E-state index in [-0.39, 0.29) is 24.6 Å². The summed E-state index contributed by atoms with van der Waals surface area (Å²) in [5.74, 6) is -1.84. The molecule has 2 fully saturated rings. The lowest BCUT2D eigenvalue weighted by molar-refractivity contribution is -0.132. The first-order valence-electron chi connectivity index (χ1n) is 7.19. The molecule has 1 aromatic rings. The molecule has 2 aliphatic rings. The zero-order chi connectivity index (χ0) is 15.0. The molecule has 2 heterocycles. The van der Waals surface area contributed by atoms with Gasteiger partial charge in [-0.1, -0.05) is 6.07 Å². The molecule has 0 radical (unpaired) electrons. The van der Waals surface area contributed by atoms with E-state index in [1.54, 1.807) is 4.90 Å². The van der Waals surface area contributed by atoms with Crippen molar-refractivity contribution in [3.05, 3.63) is 35.4 Å². The first-order valence-corrected chi connectivity index (χ1v) is 7.19. The van der Waals surface area contributed by atoms with Crippen LogP contribution in [0.4, 0.5) is 8.78 Å². The molecule has 2 aliphatic heterocycles. The van der Waals surface area contributed by atoms with Gasteiger partial charge in [0.15, 0.2) is 11.6 Å².